The molecule has 1 saturated carbocycles. The molecular formula is C20H22FNO2. The van der Waals surface area contributed by atoms with Crippen molar-refractivity contribution in [3.63, 3.8) is 0 Å². The summed E-state index contributed by atoms with van der Waals surface area (Å²) in [6.07, 6.45) is 0.699. The molecule has 0 radical (unpaired) electrons. The molecule has 0 spiro atoms. The fourth-order valence-corrected chi connectivity index (χ4v) is 3.19. The maximum absolute atomic E-state index is 13.8. The number of hydrogen-bond acceptors (Lipinski definition) is 2. The van der Waals surface area contributed by atoms with Gasteiger partial charge in [-0.15, -0.1) is 0 Å². The van der Waals surface area contributed by atoms with Crippen molar-refractivity contribution >= 4 is 5.91 Å². The number of carbonyl (C=O) groups excluding carboxylic acids is 1. The van der Waals surface area contributed by atoms with Gasteiger partial charge in [-0.05, 0) is 43.9 Å². The smallest absolute Gasteiger partial charge is 0.224 e. The molecule has 3 rings (SSSR count). The van der Waals surface area contributed by atoms with Gasteiger partial charge in [-0.25, -0.2) is 4.39 Å². The van der Waals surface area contributed by atoms with Crippen LogP contribution in [-0.2, 0) is 4.79 Å². The van der Waals surface area contributed by atoms with Gasteiger partial charge < -0.3 is 10.1 Å². The molecular weight excluding hydrogens is 305 g/mol. The van der Waals surface area contributed by atoms with Gasteiger partial charge in [0.15, 0.2) is 0 Å². The first kappa shape index (κ1) is 16.5. The van der Waals surface area contributed by atoms with Crippen LogP contribution in [0.1, 0.15) is 42.0 Å². The summed E-state index contributed by atoms with van der Waals surface area (Å²) >= 11 is 0. The summed E-state index contributed by atoms with van der Waals surface area (Å²) in [7, 11) is 1.62. The van der Waals surface area contributed by atoms with Crippen molar-refractivity contribution in [2.24, 2.45) is 5.92 Å². The van der Waals surface area contributed by atoms with Gasteiger partial charge in [-0.3, -0.25) is 4.79 Å². The lowest BCUT2D eigenvalue weighted by molar-refractivity contribution is -0.123. The highest BCUT2D eigenvalue weighted by molar-refractivity contribution is 5.83. The van der Waals surface area contributed by atoms with Crippen LogP contribution in [0, 0.1) is 18.7 Å². The normalized spacial score (nSPS) is 20.3. The van der Waals surface area contributed by atoms with Crippen molar-refractivity contribution in [2.45, 2.75) is 32.2 Å². The van der Waals surface area contributed by atoms with E-state index in [4.69, 9.17) is 4.74 Å². The van der Waals surface area contributed by atoms with Gasteiger partial charge in [0.05, 0.1) is 13.2 Å². The second-order valence-electron chi connectivity index (χ2n) is 6.45. The molecule has 24 heavy (non-hydrogen) atoms. The Balaban J connectivity index is 1.68. The average molecular weight is 327 g/mol. The summed E-state index contributed by atoms with van der Waals surface area (Å²) in [5.74, 6) is 0.332. The highest BCUT2D eigenvalue weighted by Crippen LogP contribution is 2.48. The molecule has 1 aliphatic carbocycles. The lowest BCUT2D eigenvalue weighted by atomic mass is 10.0. The van der Waals surface area contributed by atoms with Crippen molar-refractivity contribution in [1.29, 1.82) is 0 Å². The summed E-state index contributed by atoms with van der Waals surface area (Å²) in [6, 6.07) is 12.4. The molecule has 1 N–H and O–H groups in total. The fourth-order valence-electron chi connectivity index (χ4n) is 3.19. The van der Waals surface area contributed by atoms with Gasteiger partial charge in [0.1, 0.15) is 11.6 Å². The molecule has 4 heteroatoms. The summed E-state index contributed by atoms with van der Waals surface area (Å²) in [5, 5.41) is 3.04. The van der Waals surface area contributed by atoms with E-state index in [1.54, 1.807) is 19.2 Å². The minimum Gasteiger partial charge on any atom is -0.496 e. The van der Waals surface area contributed by atoms with E-state index >= 15 is 0 Å². The van der Waals surface area contributed by atoms with Crippen LogP contribution in [0.5, 0.6) is 5.75 Å². The summed E-state index contributed by atoms with van der Waals surface area (Å²) < 4.78 is 19.2. The second kappa shape index (κ2) is 6.63. The Kier molecular flexibility index (Phi) is 4.56. The van der Waals surface area contributed by atoms with Gasteiger partial charge in [0.25, 0.3) is 0 Å². The lowest BCUT2D eigenvalue weighted by Gasteiger charge is -2.18. The van der Waals surface area contributed by atoms with Gasteiger partial charge in [0.2, 0.25) is 5.91 Å². The highest BCUT2D eigenvalue weighted by atomic mass is 19.1. The SMILES string of the molecule is COc1ccc(C)cc1C(C)NC(=O)C1CC1c1ccccc1F. The molecule has 1 fully saturated rings. The fraction of sp³-hybridized carbons (Fsp3) is 0.350. The predicted molar refractivity (Wildman–Crippen MR) is 91.5 cm³/mol. The molecule has 3 atom stereocenters. The van der Waals surface area contributed by atoms with Gasteiger partial charge in [-0.2, -0.15) is 0 Å². The summed E-state index contributed by atoms with van der Waals surface area (Å²) in [6.45, 7) is 3.95. The maximum Gasteiger partial charge on any atom is 0.224 e. The molecule has 0 aliphatic heterocycles. The van der Waals surface area contributed by atoms with Crippen LogP contribution in [0.4, 0.5) is 4.39 Å². The average Bonchev–Trinajstić information content (AvgIpc) is 3.35. The molecule has 0 bridgehead atoms. The third-order valence-corrected chi connectivity index (χ3v) is 4.64. The third kappa shape index (κ3) is 3.28. The number of carbonyl (C=O) groups is 1. The first-order chi connectivity index (χ1) is 11.5. The van der Waals surface area contributed by atoms with Crippen molar-refractivity contribution in [3.8, 4) is 5.75 Å². The Morgan fingerprint density at radius 3 is 2.75 bits per heavy atom. The number of aryl methyl sites for hydroxylation is 1. The molecule has 126 valence electrons. The minimum absolute atomic E-state index is 0.0159. The zero-order valence-corrected chi connectivity index (χ0v) is 14.2. The molecule has 1 amide bonds. The second-order valence-corrected chi connectivity index (χ2v) is 6.45. The molecule has 0 heterocycles. The van der Waals surface area contributed by atoms with Crippen LogP contribution < -0.4 is 10.1 Å². The number of halogens is 1. The number of ether oxygens (including phenoxy) is 1. The number of hydrogen-bond donors (Lipinski definition) is 1. The number of benzene rings is 2. The quantitative estimate of drug-likeness (QED) is 0.897. The molecule has 2 aromatic carbocycles. The monoisotopic (exact) mass is 327 g/mol. The van der Waals surface area contributed by atoms with E-state index in [0.29, 0.717) is 12.0 Å². The van der Waals surface area contributed by atoms with Gasteiger partial charge in [0, 0.05) is 11.5 Å². The Morgan fingerprint density at radius 2 is 2.04 bits per heavy atom. The Morgan fingerprint density at radius 1 is 1.29 bits per heavy atom. The van der Waals surface area contributed by atoms with Crippen LogP contribution in [0.25, 0.3) is 0 Å². The largest absolute Gasteiger partial charge is 0.496 e. The predicted octanol–water partition coefficient (Wildman–Crippen LogP) is 4.12. The van der Waals surface area contributed by atoms with E-state index < -0.39 is 0 Å². The number of amides is 1. The lowest BCUT2D eigenvalue weighted by Crippen LogP contribution is -2.28. The van der Waals surface area contributed by atoms with E-state index in [2.05, 4.69) is 5.32 Å². The van der Waals surface area contributed by atoms with E-state index in [1.165, 1.54) is 6.07 Å². The van der Waals surface area contributed by atoms with Crippen molar-refractivity contribution < 1.29 is 13.9 Å². The standard InChI is InChI=1S/C20H22FNO2/c1-12-8-9-19(24-3)15(10-12)13(2)22-20(23)17-11-16(17)14-6-4-5-7-18(14)21/h4-10,13,16-17H,11H2,1-3H3,(H,22,23). The number of rotatable bonds is 5. The topological polar surface area (TPSA) is 38.3 Å². The third-order valence-electron chi connectivity index (χ3n) is 4.64. The molecule has 0 aromatic heterocycles. The van der Waals surface area contributed by atoms with Crippen LogP contribution in [0.15, 0.2) is 42.5 Å². The van der Waals surface area contributed by atoms with Crippen molar-refractivity contribution in [3.05, 3.63) is 65.0 Å². The van der Waals surface area contributed by atoms with Gasteiger partial charge >= 0.3 is 0 Å². The molecule has 3 nitrogen and oxygen atoms in total. The number of methoxy groups -OCH3 is 1. The zero-order valence-electron chi connectivity index (χ0n) is 14.2. The molecule has 0 saturated heterocycles. The first-order valence-corrected chi connectivity index (χ1v) is 8.20. The van der Waals surface area contributed by atoms with Crippen molar-refractivity contribution in [2.75, 3.05) is 7.11 Å². The molecule has 1 aliphatic rings. The number of nitrogens with one attached hydrogen (secondary N) is 1. The van der Waals surface area contributed by atoms with Crippen LogP contribution in [0.3, 0.4) is 0 Å². The van der Waals surface area contributed by atoms with E-state index in [0.717, 1.165) is 16.9 Å². The molecule has 2 aromatic rings. The Bertz CT molecular complexity index is 759. The summed E-state index contributed by atoms with van der Waals surface area (Å²) in [4.78, 5) is 12.5. The van der Waals surface area contributed by atoms with Crippen LogP contribution >= 0.6 is 0 Å². The van der Waals surface area contributed by atoms with E-state index in [9.17, 15) is 9.18 Å². The van der Waals surface area contributed by atoms with Gasteiger partial charge in [-0.1, -0.05) is 35.9 Å². The van der Waals surface area contributed by atoms with Crippen molar-refractivity contribution in [1.82, 2.24) is 5.32 Å². The molecule has 3 unspecified atom stereocenters. The Hall–Kier alpha value is -2.36. The maximum atomic E-state index is 13.8. The first-order valence-electron chi connectivity index (χ1n) is 8.20. The van der Waals surface area contributed by atoms with Crippen LogP contribution in [-0.4, -0.2) is 13.0 Å². The highest BCUT2D eigenvalue weighted by Gasteiger charge is 2.45. The summed E-state index contributed by atoms with van der Waals surface area (Å²) in [5.41, 5.74) is 2.70. The van der Waals surface area contributed by atoms with E-state index in [-0.39, 0.29) is 29.6 Å². The van der Waals surface area contributed by atoms with E-state index in [1.807, 2.05) is 38.1 Å². The Labute approximate surface area is 141 Å². The minimum atomic E-state index is -0.230. The zero-order chi connectivity index (χ0) is 17.3. The van der Waals surface area contributed by atoms with Crippen LogP contribution in [0.2, 0.25) is 0 Å².